The van der Waals surface area contributed by atoms with Crippen LogP contribution >= 0.6 is 0 Å². The summed E-state index contributed by atoms with van der Waals surface area (Å²) >= 11 is 0. The Hall–Kier alpha value is -4.32. The van der Waals surface area contributed by atoms with Gasteiger partial charge in [0.2, 0.25) is 0 Å². The number of nitrogens with zero attached hydrogens (tertiary/aromatic N) is 5. The first-order chi connectivity index (χ1) is 21.2. The molecule has 0 radical (unpaired) electrons. The molecule has 4 heterocycles. The van der Waals surface area contributed by atoms with Gasteiger partial charge in [-0.25, -0.2) is 28.1 Å². The van der Waals surface area contributed by atoms with Crippen molar-refractivity contribution in [3.63, 3.8) is 0 Å². The molecule has 0 unspecified atom stereocenters. The molecule has 1 atom stereocenters. The Morgan fingerprint density at radius 2 is 1.86 bits per heavy atom. The first-order valence-electron chi connectivity index (χ1n) is 14.8. The molecule has 232 valence electrons. The fraction of sp³-hybridized carbons (Fsp3) is 0.406. The second-order valence-corrected chi connectivity index (χ2v) is 11.4. The minimum absolute atomic E-state index is 0.0173. The van der Waals surface area contributed by atoms with Crippen LogP contribution in [-0.4, -0.2) is 76.4 Å². The topological polar surface area (TPSA) is 108 Å². The van der Waals surface area contributed by atoms with Crippen LogP contribution in [0.3, 0.4) is 0 Å². The summed E-state index contributed by atoms with van der Waals surface area (Å²) in [6.45, 7) is 5.78. The molecule has 1 aliphatic rings. The number of likely N-dealkylation sites (tertiary alicyclic amines) is 1. The van der Waals surface area contributed by atoms with Crippen LogP contribution in [-0.2, 0) is 5.41 Å². The molecule has 9 nitrogen and oxygen atoms in total. The van der Waals surface area contributed by atoms with Crippen molar-refractivity contribution < 1.29 is 18.0 Å². The summed E-state index contributed by atoms with van der Waals surface area (Å²) in [6, 6.07) is 11.4. The van der Waals surface area contributed by atoms with Gasteiger partial charge in [0.05, 0.1) is 29.5 Å². The Kier molecular flexibility index (Phi) is 9.58. The molecule has 1 aromatic carbocycles. The first-order valence-corrected chi connectivity index (χ1v) is 14.8. The number of hydrogen-bond donors (Lipinski definition) is 3. The highest BCUT2D eigenvalue weighted by Crippen LogP contribution is 2.34. The molecule has 0 aliphatic carbocycles. The summed E-state index contributed by atoms with van der Waals surface area (Å²) in [6.07, 6.45) is 4.37. The third-order valence-corrected chi connectivity index (χ3v) is 8.46. The van der Waals surface area contributed by atoms with Gasteiger partial charge in [-0.05, 0) is 37.0 Å². The van der Waals surface area contributed by atoms with Gasteiger partial charge in [0.15, 0.2) is 5.82 Å². The van der Waals surface area contributed by atoms with E-state index in [4.69, 9.17) is 0 Å². The molecule has 1 saturated heterocycles. The predicted octanol–water partition coefficient (Wildman–Crippen LogP) is 5.51. The molecule has 1 amide bonds. The van der Waals surface area contributed by atoms with Crippen LogP contribution in [0, 0.1) is 5.82 Å². The predicted molar refractivity (Wildman–Crippen MR) is 166 cm³/mol. The SMILES string of the molecule is CC[C@@](C)(CNc1cc(-c2ccc(NC3CCN(CC(F)F)CC3)nc2)ncn1)c1cccc2c(C(=O)NC)c(F)cnc12. The minimum Gasteiger partial charge on any atom is -0.369 e. The molecule has 12 heteroatoms. The third-order valence-electron chi connectivity index (χ3n) is 8.46. The van der Waals surface area contributed by atoms with Crippen LogP contribution in [0.4, 0.5) is 24.8 Å². The summed E-state index contributed by atoms with van der Waals surface area (Å²) in [5.41, 5.74) is 2.58. The van der Waals surface area contributed by atoms with E-state index in [0.717, 1.165) is 42.4 Å². The van der Waals surface area contributed by atoms with Gasteiger partial charge in [-0.1, -0.05) is 32.0 Å². The molecule has 5 rings (SSSR count). The smallest absolute Gasteiger partial charge is 0.254 e. The van der Waals surface area contributed by atoms with Crippen LogP contribution in [0.25, 0.3) is 22.2 Å². The van der Waals surface area contributed by atoms with Gasteiger partial charge in [-0.2, -0.15) is 0 Å². The maximum Gasteiger partial charge on any atom is 0.254 e. The molecule has 0 saturated carbocycles. The largest absolute Gasteiger partial charge is 0.369 e. The molecule has 1 fully saturated rings. The molecule has 0 bridgehead atoms. The van der Waals surface area contributed by atoms with Crippen molar-refractivity contribution in [1.82, 2.24) is 30.2 Å². The van der Waals surface area contributed by atoms with Crippen LogP contribution in [0.2, 0.25) is 0 Å². The molecule has 3 N–H and O–H groups in total. The van der Waals surface area contributed by atoms with E-state index in [9.17, 15) is 18.0 Å². The number of carbonyl (C=O) groups excluding carboxylic acids is 1. The standard InChI is InChI=1S/C32H37F3N8O/c1-4-32(2,23-7-5-6-22-29(31(44)36-3)24(33)16-38-30(22)23)18-39-28-14-25(40-19-41-28)20-8-9-27(37-15-20)42-21-10-12-43(13-11-21)17-26(34)35/h5-9,14-16,19,21,26H,4,10-13,17-18H2,1-3H3,(H,36,44)(H,37,42)(H,39,40,41)/t32-/m0/s1. The number of aromatic nitrogens is 4. The fourth-order valence-electron chi connectivity index (χ4n) is 5.64. The Balaban J connectivity index is 1.27. The number of pyridine rings is 2. The van der Waals surface area contributed by atoms with Gasteiger partial charge in [0, 0.05) is 61.4 Å². The number of fused-ring (bicyclic) bond motifs is 1. The first kappa shape index (κ1) is 31.1. The normalized spacial score (nSPS) is 15.7. The lowest BCUT2D eigenvalue weighted by Gasteiger charge is -2.32. The third kappa shape index (κ3) is 6.91. The van der Waals surface area contributed by atoms with Gasteiger partial charge < -0.3 is 16.0 Å². The number of carbonyl (C=O) groups is 1. The van der Waals surface area contributed by atoms with E-state index < -0.39 is 23.6 Å². The van der Waals surface area contributed by atoms with E-state index in [1.54, 1.807) is 17.2 Å². The summed E-state index contributed by atoms with van der Waals surface area (Å²) in [5, 5.41) is 9.83. The molecule has 3 aromatic heterocycles. The summed E-state index contributed by atoms with van der Waals surface area (Å²) in [7, 11) is 1.47. The van der Waals surface area contributed by atoms with Crippen LogP contribution in [0.15, 0.2) is 55.1 Å². The van der Waals surface area contributed by atoms with Crippen molar-refractivity contribution in [2.45, 2.75) is 51.0 Å². The Labute approximate surface area is 254 Å². The van der Waals surface area contributed by atoms with Crippen molar-refractivity contribution in [3.05, 3.63) is 72.1 Å². The lowest BCUT2D eigenvalue weighted by Crippen LogP contribution is -2.41. The van der Waals surface area contributed by atoms with E-state index in [0.29, 0.717) is 42.0 Å². The van der Waals surface area contributed by atoms with E-state index in [-0.39, 0.29) is 18.2 Å². The average Bonchev–Trinajstić information content (AvgIpc) is 3.04. The monoisotopic (exact) mass is 606 g/mol. The van der Waals surface area contributed by atoms with Gasteiger partial charge >= 0.3 is 0 Å². The number of benzene rings is 1. The highest BCUT2D eigenvalue weighted by atomic mass is 19.3. The van der Waals surface area contributed by atoms with Crippen LogP contribution < -0.4 is 16.0 Å². The number of piperidine rings is 1. The van der Waals surface area contributed by atoms with E-state index in [2.05, 4.69) is 49.7 Å². The minimum atomic E-state index is -2.30. The van der Waals surface area contributed by atoms with Gasteiger partial charge in [0.1, 0.15) is 18.0 Å². The van der Waals surface area contributed by atoms with Crippen LogP contribution in [0.1, 0.15) is 49.0 Å². The molecule has 44 heavy (non-hydrogen) atoms. The van der Waals surface area contributed by atoms with Crippen molar-refractivity contribution in [2.24, 2.45) is 0 Å². The number of amides is 1. The number of rotatable bonds is 11. The van der Waals surface area contributed by atoms with Crippen molar-refractivity contribution in [2.75, 3.05) is 43.9 Å². The second-order valence-electron chi connectivity index (χ2n) is 11.4. The Morgan fingerprint density at radius 3 is 2.55 bits per heavy atom. The van der Waals surface area contributed by atoms with Gasteiger partial charge in [-0.15, -0.1) is 0 Å². The number of halogens is 3. The molecular formula is C32H37F3N8O. The zero-order valence-electron chi connectivity index (χ0n) is 25.1. The Bertz CT molecular complexity index is 1590. The lowest BCUT2D eigenvalue weighted by atomic mass is 9.78. The average molecular weight is 607 g/mol. The molecule has 4 aromatic rings. The number of alkyl halides is 2. The number of para-hydroxylation sites is 1. The van der Waals surface area contributed by atoms with Gasteiger partial charge in [0.25, 0.3) is 12.3 Å². The summed E-state index contributed by atoms with van der Waals surface area (Å²) in [4.78, 5) is 32.0. The lowest BCUT2D eigenvalue weighted by molar-refractivity contribution is 0.0769. The quantitative estimate of drug-likeness (QED) is 0.205. The molecular weight excluding hydrogens is 569 g/mol. The molecule has 0 spiro atoms. The summed E-state index contributed by atoms with van der Waals surface area (Å²) in [5.74, 6) is 0.209. The zero-order chi connectivity index (χ0) is 31.3. The highest BCUT2D eigenvalue weighted by molar-refractivity contribution is 6.06. The number of anilines is 2. The summed E-state index contributed by atoms with van der Waals surface area (Å²) < 4.78 is 39.9. The Morgan fingerprint density at radius 1 is 1.07 bits per heavy atom. The van der Waals surface area contributed by atoms with Crippen LogP contribution in [0.5, 0.6) is 0 Å². The highest BCUT2D eigenvalue weighted by Gasteiger charge is 2.29. The van der Waals surface area contributed by atoms with E-state index in [1.165, 1.54) is 13.4 Å². The maximum absolute atomic E-state index is 14.6. The van der Waals surface area contributed by atoms with Crippen molar-refractivity contribution >= 4 is 28.4 Å². The van der Waals surface area contributed by atoms with E-state index >= 15 is 0 Å². The second kappa shape index (κ2) is 13.5. The van der Waals surface area contributed by atoms with Gasteiger partial charge in [-0.3, -0.25) is 14.7 Å². The fourth-order valence-corrected chi connectivity index (χ4v) is 5.64. The van der Waals surface area contributed by atoms with E-state index in [1.807, 2.05) is 30.3 Å². The van der Waals surface area contributed by atoms with Crippen molar-refractivity contribution in [1.29, 1.82) is 0 Å². The zero-order valence-corrected chi connectivity index (χ0v) is 25.1. The number of nitrogens with one attached hydrogen (secondary N) is 3. The number of hydrogen-bond acceptors (Lipinski definition) is 8. The van der Waals surface area contributed by atoms with Crippen molar-refractivity contribution in [3.8, 4) is 11.3 Å². The molecule has 1 aliphatic heterocycles. The maximum atomic E-state index is 14.6.